The number of nitro benzene ring substituents is 2. The number of carbonyl (C=O) groups excluding carboxylic acids is 2. The zero-order valence-corrected chi connectivity index (χ0v) is 40.9. The highest BCUT2D eigenvalue weighted by molar-refractivity contribution is 5.87. The lowest BCUT2D eigenvalue weighted by Gasteiger charge is -2.20. The molecule has 0 saturated heterocycles. The first kappa shape index (κ1) is 62.1. The molecule has 4 amide bonds. The molecule has 0 bridgehead atoms. The number of urea groups is 2. The number of alkyl halides is 1. The van der Waals surface area contributed by atoms with Gasteiger partial charge in [0.1, 0.15) is 78.7 Å². The molecule has 0 aliphatic rings. The number of ether oxygens (including phenoxy) is 3. The number of aryl methyl sites for hydroxylation is 1. The number of anilines is 2. The second-order valence-corrected chi connectivity index (χ2v) is 16.6. The van der Waals surface area contributed by atoms with Gasteiger partial charge in [-0.15, -0.1) is 5.10 Å². The molecule has 0 aliphatic carbocycles. The lowest BCUT2D eigenvalue weighted by Crippen LogP contribution is -2.51. The molecule has 12 N–H and O–H groups in total. The quantitative estimate of drug-likeness (QED) is 0.0222. The van der Waals surface area contributed by atoms with Crippen molar-refractivity contribution in [2.45, 2.75) is 108 Å². The van der Waals surface area contributed by atoms with Crippen LogP contribution in [0.2, 0.25) is 0 Å². The van der Waals surface area contributed by atoms with E-state index in [1.54, 1.807) is 0 Å². The number of benzene rings is 2. The van der Waals surface area contributed by atoms with Gasteiger partial charge in [-0.2, -0.15) is 0 Å². The lowest BCUT2D eigenvalue weighted by molar-refractivity contribution is -0.384. The number of carboxylic acid groups (broad SMARTS) is 6. The Kier molecular flexibility index (Phi) is 26.0. The van der Waals surface area contributed by atoms with Gasteiger partial charge in [0.05, 0.1) is 29.2 Å². The highest BCUT2D eigenvalue weighted by atomic mass is 19.1. The third kappa shape index (κ3) is 23.3. The van der Waals surface area contributed by atoms with Gasteiger partial charge in [-0.25, -0.2) is 37.8 Å². The summed E-state index contributed by atoms with van der Waals surface area (Å²) in [7, 11) is 0. The number of halogens is 1. The molecule has 0 unspecified atom stereocenters. The van der Waals surface area contributed by atoms with Gasteiger partial charge in [-0.05, 0) is 63.5 Å². The predicted octanol–water partition coefficient (Wildman–Crippen LogP) is 2.41. The molecule has 0 spiro atoms. The Hall–Kier alpha value is -9.17. The van der Waals surface area contributed by atoms with E-state index < -0.39 is 120 Å². The predicted molar refractivity (Wildman–Crippen MR) is 259 cm³/mol. The van der Waals surface area contributed by atoms with Crippen LogP contribution in [0, 0.1) is 20.2 Å². The number of amides is 4. The van der Waals surface area contributed by atoms with Crippen LogP contribution in [0.15, 0.2) is 42.6 Å². The minimum atomic E-state index is -1.60. The maximum Gasteiger partial charge on any atom is 0.326 e. The van der Waals surface area contributed by atoms with Crippen molar-refractivity contribution in [3.05, 3.63) is 68.5 Å². The van der Waals surface area contributed by atoms with Crippen LogP contribution >= 0.6 is 0 Å². The first-order valence-corrected chi connectivity index (χ1v) is 23.4. The Morgan fingerprint density at radius 3 is 1.38 bits per heavy atom. The summed E-state index contributed by atoms with van der Waals surface area (Å²) in [5.74, 6) is -8.32. The van der Waals surface area contributed by atoms with Crippen LogP contribution in [-0.4, -0.2) is 167 Å². The molecular weight excluding hydrogens is 1040 g/mol. The number of carbonyl (C=O) groups is 8. The Morgan fingerprint density at radius 1 is 0.610 bits per heavy atom. The summed E-state index contributed by atoms with van der Waals surface area (Å²) < 4.78 is 32.1. The zero-order valence-electron chi connectivity index (χ0n) is 40.9. The van der Waals surface area contributed by atoms with E-state index in [4.69, 9.17) is 24.4 Å². The molecule has 3 aromatic rings. The molecule has 1 heterocycles. The smallest absolute Gasteiger partial charge is 0.326 e. The van der Waals surface area contributed by atoms with E-state index in [1.165, 1.54) is 35.1 Å². The number of hydrogen-bond donors (Lipinski definition) is 12. The molecule has 1 aromatic heterocycles. The summed E-state index contributed by atoms with van der Waals surface area (Å²) in [6.07, 6.45) is -1.08. The van der Waals surface area contributed by atoms with E-state index in [1.807, 2.05) is 10.6 Å². The second kappa shape index (κ2) is 32.2. The molecule has 0 saturated carbocycles. The number of nitro groups is 2. The molecule has 0 radical (unpaired) electrons. The van der Waals surface area contributed by atoms with Gasteiger partial charge in [-0.3, -0.25) is 29.8 Å². The molecule has 32 nitrogen and oxygen atoms in total. The van der Waals surface area contributed by atoms with Crippen LogP contribution in [0.5, 0.6) is 11.5 Å². The summed E-state index contributed by atoms with van der Waals surface area (Å²) in [6.45, 7) is -1.37. The molecule has 4 atom stereocenters. The Balaban J connectivity index is 1.65. The molecule has 3 rings (SSSR count). The summed E-state index contributed by atoms with van der Waals surface area (Å²) in [6, 6.07) is -0.858. The van der Waals surface area contributed by atoms with Crippen molar-refractivity contribution in [2.24, 2.45) is 0 Å². The lowest BCUT2D eigenvalue weighted by atomic mass is 10.1. The summed E-state index contributed by atoms with van der Waals surface area (Å²) in [5, 5.41) is 101. The zero-order chi connectivity index (χ0) is 57.0. The van der Waals surface area contributed by atoms with E-state index in [9.17, 15) is 83.4 Å². The second-order valence-electron chi connectivity index (χ2n) is 16.6. The van der Waals surface area contributed by atoms with Crippen LogP contribution in [0.1, 0.15) is 69.9 Å². The van der Waals surface area contributed by atoms with Crippen molar-refractivity contribution in [3.8, 4) is 11.5 Å². The maximum atomic E-state index is 12.9. The highest BCUT2D eigenvalue weighted by Gasteiger charge is 2.27. The number of hydrogen-bond acceptors (Lipinski definition) is 19. The largest absolute Gasteiger partial charge is 0.491 e. The topological polar surface area (TPSA) is 475 Å². The molecule has 33 heteroatoms. The average molecular weight is 1100 g/mol. The van der Waals surface area contributed by atoms with Crippen LogP contribution in [0.4, 0.5) is 36.7 Å². The van der Waals surface area contributed by atoms with Gasteiger partial charge in [0.25, 0.3) is 11.4 Å². The van der Waals surface area contributed by atoms with E-state index in [0.717, 1.165) is 12.1 Å². The van der Waals surface area contributed by atoms with Crippen LogP contribution in [0.3, 0.4) is 0 Å². The molecule has 0 fully saturated rings. The van der Waals surface area contributed by atoms with E-state index >= 15 is 0 Å². The third-order valence-electron chi connectivity index (χ3n) is 10.7. The van der Waals surface area contributed by atoms with Crippen LogP contribution in [0.25, 0.3) is 0 Å². The fourth-order valence-corrected chi connectivity index (χ4v) is 6.81. The molecule has 77 heavy (non-hydrogen) atoms. The first-order chi connectivity index (χ1) is 36.6. The maximum absolute atomic E-state index is 12.9. The summed E-state index contributed by atoms with van der Waals surface area (Å²) in [5.41, 5.74) is -0.386. The van der Waals surface area contributed by atoms with Crippen molar-refractivity contribution in [2.75, 3.05) is 43.6 Å². The standard InChI is InChI=1S/C44H58FN11O21/c45-15-18-54-21-25(52-53-54)22-75-28(23-76-26-7-11-35(55(71)72)33(19-26)46-16-3-1-5-29(39(61)62)48-43(69)50-31(41(65)66)9-13-37(57)58)24-77-27-8-12-36(56(73)74)34(20-27)47-17-4-2-6-30(40(63)64)49-44(70)51-32(42(67)68)10-14-38(59)60/h7-8,11-12,19-21,28-32,46-47H,1-6,9-10,13-18,22-24H2,(H,57,58)(H,59,60)(H,61,62)(H,63,64)(H,65,66)(H,67,68)(H2,48,50,69)(H2,49,51,70)/t29-,30-,31-,32-/m0/s1. The Labute approximate surface area is 434 Å². The number of unbranched alkanes of at least 4 members (excludes halogenated alkanes) is 2. The summed E-state index contributed by atoms with van der Waals surface area (Å²) in [4.78, 5) is 115. The molecular formula is C44H58FN11O21. The van der Waals surface area contributed by atoms with Crippen molar-refractivity contribution in [3.63, 3.8) is 0 Å². The van der Waals surface area contributed by atoms with E-state index in [2.05, 4.69) is 31.6 Å². The van der Waals surface area contributed by atoms with E-state index in [0.29, 0.717) is 5.69 Å². The normalized spacial score (nSPS) is 12.4. The van der Waals surface area contributed by atoms with Gasteiger partial charge in [-0.1, -0.05) is 5.21 Å². The number of nitrogens with zero attached hydrogens (tertiary/aromatic N) is 5. The van der Waals surface area contributed by atoms with Gasteiger partial charge in [0, 0.05) is 50.2 Å². The Morgan fingerprint density at radius 2 is 1.01 bits per heavy atom. The SMILES string of the molecule is O=C(O)CC[C@H](NC(=O)N[C@@H](CCCCNc1cc(OCC(COc2ccc([N+](=O)[O-])c(NCCCC[C@H](NC(=O)N[C@@H](CCC(=O)O)C(=O)O)C(=O)O)c2)OCc2cn(CCF)nn2)ccc1[N+](=O)[O-])C(=O)O)C(=O)O. The number of aliphatic carboxylic acids is 6. The van der Waals surface area contributed by atoms with Gasteiger partial charge in [0.15, 0.2) is 0 Å². The number of carboxylic acids is 6. The van der Waals surface area contributed by atoms with Gasteiger partial charge < -0.3 is 76.8 Å². The minimum absolute atomic E-state index is 0.00753. The van der Waals surface area contributed by atoms with Crippen LogP contribution < -0.4 is 41.4 Å². The van der Waals surface area contributed by atoms with Crippen LogP contribution in [-0.2, 0) is 46.7 Å². The number of aromatic nitrogens is 3. The monoisotopic (exact) mass is 1100 g/mol. The fourth-order valence-electron chi connectivity index (χ4n) is 6.81. The first-order valence-electron chi connectivity index (χ1n) is 23.4. The van der Waals surface area contributed by atoms with Gasteiger partial charge in [0.2, 0.25) is 0 Å². The third-order valence-corrected chi connectivity index (χ3v) is 10.7. The highest BCUT2D eigenvalue weighted by Crippen LogP contribution is 2.31. The van der Waals surface area contributed by atoms with Crippen molar-refractivity contribution in [1.82, 2.24) is 36.3 Å². The van der Waals surface area contributed by atoms with E-state index in [-0.39, 0.29) is 112 Å². The fraction of sp³-hybridized carbons (Fsp3) is 0.500. The number of rotatable bonds is 39. The molecule has 2 aromatic carbocycles. The van der Waals surface area contributed by atoms with Crippen molar-refractivity contribution < 1.29 is 97.4 Å². The Bertz CT molecular complexity index is 2390. The van der Waals surface area contributed by atoms with Gasteiger partial charge >= 0.3 is 47.9 Å². The average Bonchev–Trinajstić information content (AvgIpc) is 3.82. The number of nitrogens with one attached hydrogen (secondary N) is 6. The van der Waals surface area contributed by atoms with Crippen molar-refractivity contribution in [1.29, 1.82) is 0 Å². The molecule has 0 aliphatic heterocycles. The van der Waals surface area contributed by atoms with Crippen molar-refractivity contribution >= 4 is 70.6 Å². The molecule has 422 valence electrons. The minimum Gasteiger partial charge on any atom is -0.491 e. The summed E-state index contributed by atoms with van der Waals surface area (Å²) >= 11 is 0.